The highest BCUT2D eigenvalue weighted by molar-refractivity contribution is 4.89. The van der Waals surface area contributed by atoms with E-state index in [4.69, 9.17) is 25.5 Å². The Morgan fingerprint density at radius 3 is 2.08 bits per heavy atom. The van der Waals surface area contributed by atoms with Gasteiger partial charge in [0, 0.05) is 0 Å². The van der Waals surface area contributed by atoms with Crippen LogP contribution in [0.1, 0.15) is 0 Å². The Labute approximate surface area is 68.6 Å². The first kappa shape index (κ1) is 9.85. The van der Waals surface area contributed by atoms with Gasteiger partial charge in [0.1, 0.15) is 24.4 Å². The van der Waals surface area contributed by atoms with E-state index in [1.165, 1.54) is 0 Å². The van der Waals surface area contributed by atoms with Gasteiger partial charge in [-0.1, -0.05) is 0 Å². The van der Waals surface area contributed by atoms with E-state index in [-0.39, 0.29) is 0 Å². The lowest BCUT2D eigenvalue weighted by Gasteiger charge is -2.18. The average molecular weight is 180 g/mol. The fraction of sp³-hybridized carbons (Fsp3) is 1.00. The fourth-order valence-electron chi connectivity index (χ4n) is 1.11. The number of aliphatic hydroxyl groups is 5. The molecule has 72 valence electrons. The van der Waals surface area contributed by atoms with Crippen LogP contribution in [0.3, 0.4) is 0 Å². The lowest BCUT2D eigenvalue weighted by Crippen LogP contribution is -2.40. The summed E-state index contributed by atoms with van der Waals surface area (Å²) in [5.41, 5.74) is 0. The molecule has 0 spiro atoms. The first-order valence-corrected chi connectivity index (χ1v) is 3.56. The molecule has 1 heterocycles. The molecule has 0 aromatic heterocycles. The molecule has 0 amide bonds. The summed E-state index contributed by atoms with van der Waals surface area (Å²) in [6, 6.07) is 0. The molecule has 0 saturated carbocycles. The first-order chi connectivity index (χ1) is 5.57. The summed E-state index contributed by atoms with van der Waals surface area (Å²) >= 11 is 0. The van der Waals surface area contributed by atoms with E-state index in [0.717, 1.165) is 0 Å². The molecule has 0 aromatic rings. The van der Waals surface area contributed by atoms with Gasteiger partial charge in [0.2, 0.25) is 0 Å². The highest BCUT2D eigenvalue weighted by atomic mass is 16.6. The molecule has 0 aromatic carbocycles. The quantitative estimate of drug-likeness (QED) is 0.306. The smallest absolute Gasteiger partial charge is 0.184 e. The maximum Gasteiger partial charge on any atom is 0.184 e. The molecule has 1 aliphatic heterocycles. The van der Waals surface area contributed by atoms with Gasteiger partial charge in [0.05, 0.1) is 6.61 Å². The van der Waals surface area contributed by atoms with Gasteiger partial charge in [-0.25, -0.2) is 0 Å². The molecule has 1 fully saturated rings. The van der Waals surface area contributed by atoms with Crippen molar-refractivity contribution in [3.05, 3.63) is 0 Å². The van der Waals surface area contributed by atoms with Gasteiger partial charge >= 0.3 is 0 Å². The second-order valence-corrected chi connectivity index (χ2v) is 2.72. The van der Waals surface area contributed by atoms with E-state index in [2.05, 4.69) is 4.74 Å². The minimum Gasteiger partial charge on any atom is -0.394 e. The van der Waals surface area contributed by atoms with Crippen LogP contribution in [0.4, 0.5) is 0 Å². The topological polar surface area (TPSA) is 110 Å². The van der Waals surface area contributed by atoms with Crippen LogP contribution in [0.2, 0.25) is 0 Å². The fourth-order valence-corrected chi connectivity index (χ4v) is 1.11. The minimum atomic E-state index is -1.51. The van der Waals surface area contributed by atoms with Gasteiger partial charge in [0.15, 0.2) is 6.29 Å². The Kier molecular flexibility index (Phi) is 2.99. The minimum absolute atomic E-state index is 0.596. The maximum atomic E-state index is 9.12. The molecule has 5 N–H and O–H groups in total. The molecule has 12 heavy (non-hydrogen) atoms. The Bertz CT molecular complexity index is 151. The Balaban J connectivity index is 2.58. The van der Waals surface area contributed by atoms with Crippen LogP contribution in [0, 0.1) is 0 Å². The lowest BCUT2D eigenvalue weighted by molar-refractivity contribution is -0.150. The highest BCUT2D eigenvalue weighted by Crippen LogP contribution is 2.21. The zero-order valence-corrected chi connectivity index (χ0v) is 6.24. The third-order valence-corrected chi connectivity index (χ3v) is 1.84. The van der Waals surface area contributed by atoms with Crippen molar-refractivity contribution in [2.45, 2.75) is 30.7 Å². The van der Waals surface area contributed by atoms with Crippen molar-refractivity contribution in [2.75, 3.05) is 6.61 Å². The van der Waals surface area contributed by atoms with E-state index in [1.54, 1.807) is 0 Å². The van der Waals surface area contributed by atoms with Crippen molar-refractivity contribution in [2.24, 2.45) is 0 Å². The molecule has 6 heteroatoms. The summed E-state index contributed by atoms with van der Waals surface area (Å²) in [5, 5.41) is 44.4. The van der Waals surface area contributed by atoms with Crippen LogP contribution in [-0.4, -0.2) is 62.8 Å². The molecule has 1 saturated heterocycles. The van der Waals surface area contributed by atoms with Crippen LogP contribution in [0.25, 0.3) is 0 Å². The molecule has 0 bridgehead atoms. The summed E-state index contributed by atoms with van der Waals surface area (Å²) in [6.07, 6.45) is -6.75. The number of rotatable bonds is 2. The number of ether oxygens (including phenoxy) is 1. The van der Waals surface area contributed by atoms with Crippen molar-refractivity contribution in [3.63, 3.8) is 0 Å². The molecular weight excluding hydrogens is 168 g/mol. The predicted molar refractivity (Wildman–Crippen MR) is 36.0 cm³/mol. The second kappa shape index (κ2) is 3.65. The second-order valence-electron chi connectivity index (χ2n) is 2.72. The van der Waals surface area contributed by atoms with Crippen molar-refractivity contribution in [1.82, 2.24) is 0 Å². The van der Waals surface area contributed by atoms with Crippen LogP contribution in [0.5, 0.6) is 0 Å². The zero-order valence-electron chi connectivity index (χ0n) is 6.24. The van der Waals surface area contributed by atoms with Gasteiger partial charge in [-0.2, -0.15) is 0 Å². The largest absolute Gasteiger partial charge is 0.394 e. The first-order valence-electron chi connectivity index (χ1n) is 3.56. The standard InChI is InChI=1S/C6H12O6/c7-1-2(8)5-3(9)4(10)6(11)12-5/h2-11H,1H2/t2-,3-,4-,5+,6-/m0/s1. The Hall–Kier alpha value is -0.240. The summed E-state index contributed by atoms with van der Waals surface area (Å²) < 4.78 is 4.58. The molecule has 0 radical (unpaired) electrons. The molecule has 1 rings (SSSR count). The van der Waals surface area contributed by atoms with E-state index >= 15 is 0 Å². The Morgan fingerprint density at radius 2 is 1.75 bits per heavy atom. The van der Waals surface area contributed by atoms with Gasteiger partial charge in [0.25, 0.3) is 0 Å². The van der Waals surface area contributed by atoms with Crippen LogP contribution in [-0.2, 0) is 4.74 Å². The molecule has 6 nitrogen and oxygen atoms in total. The molecule has 1 aliphatic rings. The summed E-state index contributed by atoms with van der Waals surface area (Å²) in [6.45, 7) is -0.596. The maximum absolute atomic E-state index is 9.12. The zero-order chi connectivity index (χ0) is 9.30. The molecule has 5 atom stereocenters. The third-order valence-electron chi connectivity index (χ3n) is 1.84. The number of hydrogen-bond acceptors (Lipinski definition) is 6. The van der Waals surface area contributed by atoms with Gasteiger partial charge in [-0.3, -0.25) is 0 Å². The monoisotopic (exact) mass is 180 g/mol. The van der Waals surface area contributed by atoms with E-state index in [1.807, 2.05) is 0 Å². The SMILES string of the molecule is OC[C@H](O)[C@H]1O[C@H](O)[C@@H](O)[C@@H]1O. The van der Waals surface area contributed by atoms with Crippen molar-refractivity contribution < 1.29 is 30.3 Å². The number of hydrogen-bond donors (Lipinski definition) is 5. The van der Waals surface area contributed by atoms with E-state index in [0.29, 0.717) is 0 Å². The van der Waals surface area contributed by atoms with Gasteiger partial charge < -0.3 is 30.3 Å². The molecule has 0 aliphatic carbocycles. The van der Waals surface area contributed by atoms with Crippen LogP contribution in [0.15, 0.2) is 0 Å². The van der Waals surface area contributed by atoms with Crippen LogP contribution >= 0.6 is 0 Å². The van der Waals surface area contributed by atoms with Gasteiger partial charge in [-0.05, 0) is 0 Å². The average Bonchev–Trinajstić information content (AvgIpc) is 2.32. The normalized spacial score (nSPS) is 44.8. The van der Waals surface area contributed by atoms with E-state index < -0.39 is 37.3 Å². The van der Waals surface area contributed by atoms with Crippen LogP contribution < -0.4 is 0 Å². The Morgan fingerprint density at radius 1 is 1.17 bits per heavy atom. The summed E-state index contributed by atoms with van der Waals surface area (Å²) in [4.78, 5) is 0. The molecular formula is C6H12O6. The summed E-state index contributed by atoms with van der Waals surface area (Å²) in [5.74, 6) is 0. The van der Waals surface area contributed by atoms with Crippen molar-refractivity contribution in [3.8, 4) is 0 Å². The van der Waals surface area contributed by atoms with E-state index in [9.17, 15) is 0 Å². The van der Waals surface area contributed by atoms with Crippen molar-refractivity contribution in [1.29, 1.82) is 0 Å². The summed E-state index contributed by atoms with van der Waals surface area (Å²) in [7, 11) is 0. The van der Waals surface area contributed by atoms with Gasteiger partial charge in [-0.15, -0.1) is 0 Å². The predicted octanol–water partition coefficient (Wildman–Crippen LogP) is -3.22. The number of aliphatic hydroxyl groups excluding tert-OH is 5. The van der Waals surface area contributed by atoms with Crippen molar-refractivity contribution >= 4 is 0 Å². The lowest BCUT2D eigenvalue weighted by atomic mass is 10.1. The molecule has 0 unspecified atom stereocenters. The highest BCUT2D eigenvalue weighted by Gasteiger charge is 2.44. The third kappa shape index (κ3) is 1.58.